The van der Waals surface area contributed by atoms with Crippen LogP contribution in [0.3, 0.4) is 0 Å². The van der Waals surface area contributed by atoms with Crippen LogP contribution in [0.15, 0.2) is 10.9 Å². The minimum atomic E-state index is -0.534. The first kappa shape index (κ1) is 10.7. The third-order valence-corrected chi connectivity index (χ3v) is 3.11. The maximum atomic E-state index is 12.0. The van der Waals surface area contributed by atoms with E-state index in [2.05, 4.69) is 9.97 Å². The summed E-state index contributed by atoms with van der Waals surface area (Å²) in [5, 5.41) is 0. The Balaban J connectivity index is 2.03. The molecule has 0 spiro atoms. The first-order valence-electron chi connectivity index (χ1n) is 5.76. The van der Waals surface area contributed by atoms with Gasteiger partial charge in [-0.2, -0.15) is 0 Å². The van der Waals surface area contributed by atoms with Crippen LogP contribution >= 0.6 is 0 Å². The summed E-state index contributed by atoms with van der Waals surface area (Å²) in [6.07, 6.45) is 4.04. The Bertz CT molecular complexity index is 529. The Morgan fingerprint density at radius 1 is 1.41 bits per heavy atom. The van der Waals surface area contributed by atoms with Gasteiger partial charge in [-0.05, 0) is 25.3 Å². The van der Waals surface area contributed by atoms with Crippen molar-refractivity contribution in [2.45, 2.75) is 38.8 Å². The van der Waals surface area contributed by atoms with Gasteiger partial charge in [0, 0.05) is 5.56 Å². The Hall–Kier alpha value is -1.46. The molecule has 2 aliphatic rings. The molecule has 3 rings (SSSR count). The van der Waals surface area contributed by atoms with Crippen molar-refractivity contribution in [3.8, 4) is 0 Å². The van der Waals surface area contributed by atoms with Gasteiger partial charge in [0.2, 0.25) is 6.29 Å². The molecule has 0 amide bonds. The first-order chi connectivity index (χ1) is 8.15. The lowest BCUT2D eigenvalue weighted by Crippen LogP contribution is -2.35. The molecule has 1 aliphatic carbocycles. The summed E-state index contributed by atoms with van der Waals surface area (Å²) in [5.74, 6) is 0.660. The maximum absolute atomic E-state index is 12.0. The molecular weight excluding hydrogens is 220 g/mol. The third-order valence-electron chi connectivity index (χ3n) is 3.11. The number of aromatic nitrogens is 2. The zero-order valence-electron chi connectivity index (χ0n) is 9.77. The number of H-pyrrole nitrogens is 1. The highest BCUT2D eigenvalue weighted by Crippen LogP contribution is 2.30. The van der Waals surface area contributed by atoms with Crippen LogP contribution in [0.4, 0.5) is 0 Å². The first-order valence-corrected chi connectivity index (χ1v) is 5.76. The van der Waals surface area contributed by atoms with Gasteiger partial charge in [-0.3, -0.25) is 4.79 Å². The zero-order valence-corrected chi connectivity index (χ0v) is 9.77. The number of nitrogens with zero attached hydrogens (tertiary/aromatic N) is 1. The van der Waals surface area contributed by atoms with E-state index < -0.39 is 6.29 Å². The second-order valence-corrected chi connectivity index (χ2v) is 4.46. The number of ether oxygens (including phenoxy) is 2. The summed E-state index contributed by atoms with van der Waals surface area (Å²) in [6.45, 7) is 3.83. The van der Waals surface area contributed by atoms with Crippen LogP contribution in [0.1, 0.15) is 49.6 Å². The molecule has 1 unspecified atom stereocenters. The van der Waals surface area contributed by atoms with Gasteiger partial charge in [0.25, 0.3) is 5.56 Å². The van der Waals surface area contributed by atoms with Crippen LogP contribution in [-0.2, 0) is 9.47 Å². The lowest BCUT2D eigenvalue weighted by Gasteiger charge is -2.33. The minimum Gasteiger partial charge on any atom is -0.316 e. The number of hydrogen-bond acceptors (Lipinski definition) is 4. The lowest BCUT2D eigenvalue weighted by molar-refractivity contribution is -0.385. The highest BCUT2D eigenvalue weighted by molar-refractivity contribution is 5.52. The molecule has 1 aromatic rings. The molecule has 0 aromatic carbocycles. The zero-order chi connectivity index (χ0) is 12.0. The molecule has 1 aliphatic heterocycles. The second kappa shape index (κ2) is 3.78. The lowest BCUT2D eigenvalue weighted by atomic mass is 9.92. The van der Waals surface area contributed by atoms with Gasteiger partial charge in [0.15, 0.2) is 12.1 Å². The normalized spacial score (nSPS) is 30.8. The summed E-state index contributed by atoms with van der Waals surface area (Å²) in [4.78, 5) is 19.1. The van der Waals surface area contributed by atoms with E-state index in [0.717, 1.165) is 17.7 Å². The number of nitrogens with one attached hydrogen (secondary N) is 1. The topological polar surface area (TPSA) is 64.2 Å². The predicted molar refractivity (Wildman–Crippen MR) is 61.3 cm³/mol. The van der Waals surface area contributed by atoms with Gasteiger partial charge < -0.3 is 14.5 Å². The average molecular weight is 234 g/mol. The van der Waals surface area contributed by atoms with Gasteiger partial charge in [-0.1, -0.05) is 13.0 Å². The number of aromatic amines is 1. The van der Waals surface area contributed by atoms with Crippen molar-refractivity contribution in [1.29, 1.82) is 0 Å². The molecule has 1 N–H and O–H groups in total. The highest BCUT2D eigenvalue weighted by atomic mass is 16.9. The summed E-state index contributed by atoms with van der Waals surface area (Å²) in [7, 11) is 0. The molecule has 5 heteroatoms. The van der Waals surface area contributed by atoms with E-state index in [4.69, 9.17) is 9.47 Å². The fourth-order valence-electron chi connectivity index (χ4n) is 2.22. The smallest absolute Gasteiger partial charge is 0.255 e. The van der Waals surface area contributed by atoms with Gasteiger partial charge >= 0.3 is 0 Å². The summed E-state index contributed by atoms with van der Waals surface area (Å²) in [6, 6.07) is 0. The molecule has 1 saturated heterocycles. The average Bonchev–Trinajstić information content (AvgIpc) is 2.24. The van der Waals surface area contributed by atoms with E-state index in [9.17, 15) is 4.79 Å². The maximum Gasteiger partial charge on any atom is 0.255 e. The van der Waals surface area contributed by atoms with E-state index in [0.29, 0.717) is 5.82 Å². The molecule has 2 heterocycles. The molecule has 0 radical (unpaired) electrons. The fourth-order valence-corrected chi connectivity index (χ4v) is 2.22. The molecule has 90 valence electrons. The van der Waals surface area contributed by atoms with Gasteiger partial charge in [0.05, 0.1) is 5.69 Å². The number of allylic oxidation sites excluding steroid dienone is 1. The quantitative estimate of drug-likeness (QED) is 0.803. The number of fused-ring (bicyclic) bond motifs is 1. The second-order valence-electron chi connectivity index (χ2n) is 4.46. The summed E-state index contributed by atoms with van der Waals surface area (Å²) < 4.78 is 10.6. The highest BCUT2D eigenvalue weighted by Gasteiger charge is 2.32. The Kier molecular flexibility index (Phi) is 2.38. The monoisotopic (exact) mass is 234 g/mol. The predicted octanol–water partition coefficient (Wildman–Crippen LogP) is 1.68. The van der Waals surface area contributed by atoms with Gasteiger partial charge in [-0.25, -0.2) is 4.98 Å². The Morgan fingerprint density at radius 3 is 2.88 bits per heavy atom. The van der Waals surface area contributed by atoms with E-state index >= 15 is 0 Å². The largest absolute Gasteiger partial charge is 0.316 e. The molecule has 17 heavy (non-hydrogen) atoms. The van der Waals surface area contributed by atoms with Crippen molar-refractivity contribution >= 4 is 6.08 Å². The van der Waals surface area contributed by atoms with Crippen molar-refractivity contribution < 1.29 is 9.47 Å². The molecule has 1 fully saturated rings. The van der Waals surface area contributed by atoms with E-state index in [1.54, 1.807) is 6.92 Å². The van der Waals surface area contributed by atoms with Gasteiger partial charge in [-0.15, -0.1) is 0 Å². The molecule has 1 aromatic heterocycles. The van der Waals surface area contributed by atoms with Crippen LogP contribution in [-0.4, -0.2) is 16.3 Å². The third kappa shape index (κ3) is 1.71. The van der Waals surface area contributed by atoms with E-state index in [1.807, 2.05) is 19.1 Å². The standard InChI is InChI=1S/C12H14N2O3/c1-6-4-3-5-8-9(6)11(15)14-10(13-8)12-16-7(2)17-12/h3,5-7,12H,4H2,1-2H3,(H,13,14,15). The summed E-state index contributed by atoms with van der Waals surface area (Å²) >= 11 is 0. The van der Waals surface area contributed by atoms with Gasteiger partial charge in [0.1, 0.15) is 0 Å². The number of rotatable bonds is 1. The van der Waals surface area contributed by atoms with Crippen molar-refractivity contribution in [3.05, 3.63) is 33.5 Å². The SMILES string of the molecule is CC1OC(c2nc3c(c(=O)[nH]2)C(C)CC=C3)O1. The summed E-state index contributed by atoms with van der Waals surface area (Å²) in [5.41, 5.74) is 1.39. The van der Waals surface area contributed by atoms with Crippen molar-refractivity contribution in [2.24, 2.45) is 0 Å². The van der Waals surface area contributed by atoms with Crippen LogP contribution in [0.25, 0.3) is 6.08 Å². The van der Waals surface area contributed by atoms with Crippen LogP contribution in [0.2, 0.25) is 0 Å². The molecule has 0 bridgehead atoms. The van der Waals surface area contributed by atoms with Crippen molar-refractivity contribution in [2.75, 3.05) is 0 Å². The molecular formula is C12H14N2O3. The van der Waals surface area contributed by atoms with Crippen LogP contribution in [0.5, 0.6) is 0 Å². The van der Waals surface area contributed by atoms with E-state index in [-0.39, 0.29) is 17.8 Å². The van der Waals surface area contributed by atoms with E-state index in [1.165, 1.54) is 0 Å². The Labute approximate surface area is 98.5 Å². The molecule has 5 nitrogen and oxygen atoms in total. The fraction of sp³-hybridized carbons (Fsp3) is 0.500. The van der Waals surface area contributed by atoms with Crippen LogP contribution < -0.4 is 5.56 Å². The van der Waals surface area contributed by atoms with Crippen LogP contribution in [0, 0.1) is 0 Å². The molecule has 1 atom stereocenters. The minimum absolute atomic E-state index is 0.0893. The molecule has 0 saturated carbocycles. The Morgan fingerprint density at radius 2 is 2.18 bits per heavy atom. The van der Waals surface area contributed by atoms with Crippen molar-refractivity contribution in [3.63, 3.8) is 0 Å². The number of hydrogen-bond donors (Lipinski definition) is 1. The van der Waals surface area contributed by atoms with Crippen molar-refractivity contribution in [1.82, 2.24) is 9.97 Å².